The third-order valence-corrected chi connectivity index (χ3v) is 15.5. The number of aryl methyl sites for hydroxylation is 2. The smallest absolute Gasteiger partial charge is 0.0491 e. The highest BCUT2D eigenvalue weighted by atomic mass is 15.0. The van der Waals surface area contributed by atoms with Crippen molar-refractivity contribution in [2.75, 3.05) is 0 Å². The quantitative estimate of drug-likeness (QED) is 0.134. The van der Waals surface area contributed by atoms with Gasteiger partial charge in [0.1, 0.15) is 0 Å². The molecule has 0 amide bonds. The van der Waals surface area contributed by atoms with E-state index in [9.17, 15) is 0 Å². The van der Waals surface area contributed by atoms with Gasteiger partial charge in [-0.2, -0.15) is 0 Å². The molecule has 346 valence electrons. The lowest BCUT2D eigenvalue weighted by Gasteiger charge is -2.23. The summed E-state index contributed by atoms with van der Waals surface area (Å²) in [5, 5.41) is 10.2. The molecule has 2 heterocycles. The average molecular weight is 925 g/mol. The number of hydrogen-bond acceptors (Lipinski definition) is 0. The third-order valence-electron chi connectivity index (χ3n) is 15.5. The van der Waals surface area contributed by atoms with Crippen LogP contribution < -0.4 is 0 Å². The second-order valence-electron chi connectivity index (χ2n) is 20.6. The zero-order valence-corrected chi connectivity index (χ0v) is 41.7. The number of nitrogens with zero attached hydrogens (tertiary/aromatic N) is 2. The summed E-state index contributed by atoms with van der Waals surface area (Å²) in [5.41, 5.74) is 21.3. The van der Waals surface area contributed by atoms with Crippen LogP contribution in [0.1, 0.15) is 40.2 Å². The summed E-state index contributed by atoms with van der Waals surface area (Å²) in [6.45, 7) is 13.3. The summed E-state index contributed by atoms with van der Waals surface area (Å²) >= 11 is 0. The van der Waals surface area contributed by atoms with Gasteiger partial charge in [0, 0.05) is 56.7 Å². The predicted molar refractivity (Wildman–Crippen MR) is 310 cm³/mol. The molecule has 0 bridgehead atoms. The van der Waals surface area contributed by atoms with E-state index in [0.29, 0.717) is 0 Å². The fourth-order valence-corrected chi connectivity index (χ4v) is 11.8. The van der Waals surface area contributed by atoms with Gasteiger partial charge in [-0.05, 0) is 168 Å². The molecule has 0 aliphatic carbocycles. The van der Waals surface area contributed by atoms with E-state index in [4.69, 9.17) is 0 Å². The molecule has 72 heavy (non-hydrogen) atoms. The second kappa shape index (κ2) is 17.1. The maximum atomic E-state index is 2.47. The molecule has 0 aliphatic heterocycles. The highest BCUT2D eigenvalue weighted by Gasteiger charge is 2.22. The lowest BCUT2D eigenvalue weighted by Crippen LogP contribution is -2.10. The minimum atomic E-state index is -0.0160. The molecule has 11 aromatic carbocycles. The third kappa shape index (κ3) is 7.16. The van der Waals surface area contributed by atoms with E-state index in [1.54, 1.807) is 0 Å². The first kappa shape index (κ1) is 43.6. The van der Waals surface area contributed by atoms with Crippen LogP contribution in [0, 0.1) is 0 Å². The Bertz CT molecular complexity index is 4220. The van der Waals surface area contributed by atoms with Crippen LogP contribution in [0.25, 0.3) is 132 Å². The Morgan fingerprint density at radius 2 is 0.569 bits per heavy atom. The standard InChI is InChI=1S/C70H56N2/c1-6-71-64-36-30-51(45-16-10-8-11-17-45)40-59(64)61-42-53(32-38-66(61)71)47-22-26-49(27-23-47)68-56-20-14-15-21-57(56)69(63-44-55(70(3,4)5)34-35-58(63)68)50-28-24-48(25-29-50)54-33-39-67-62(43-54)60-41-52(46-18-12-9-13-19-46)31-37-65(60)72(67)7-2/h8-44H,6-7H2,1-5H3. The van der Waals surface area contributed by atoms with Crippen molar-refractivity contribution in [2.24, 2.45) is 0 Å². The monoisotopic (exact) mass is 924 g/mol. The van der Waals surface area contributed by atoms with Crippen LogP contribution in [0.4, 0.5) is 0 Å². The molecule has 0 radical (unpaired) electrons. The van der Waals surface area contributed by atoms with Crippen molar-refractivity contribution in [3.8, 4) is 66.8 Å². The Morgan fingerprint density at radius 1 is 0.264 bits per heavy atom. The molecule has 0 atom stereocenters. The minimum Gasteiger partial charge on any atom is -0.341 e. The van der Waals surface area contributed by atoms with Gasteiger partial charge in [-0.15, -0.1) is 0 Å². The molecular formula is C70H56N2. The topological polar surface area (TPSA) is 9.86 Å². The first-order valence-corrected chi connectivity index (χ1v) is 25.7. The van der Waals surface area contributed by atoms with Gasteiger partial charge in [0.05, 0.1) is 0 Å². The summed E-state index contributed by atoms with van der Waals surface area (Å²) < 4.78 is 4.89. The Balaban J connectivity index is 0.909. The SMILES string of the molecule is CCn1c2ccc(-c3ccccc3)cc2c2cc(-c3ccc(-c4c5ccccc5c(-c5ccc(-c6ccc7c(c6)c6cc(-c8ccccc8)ccc6n7CC)cc5)c5cc(C(C)(C)C)ccc45)cc3)ccc21. The van der Waals surface area contributed by atoms with Gasteiger partial charge in [-0.1, -0.05) is 191 Å². The van der Waals surface area contributed by atoms with Crippen LogP contribution in [0.2, 0.25) is 0 Å². The zero-order valence-electron chi connectivity index (χ0n) is 41.7. The predicted octanol–water partition coefficient (Wildman–Crippen LogP) is 19.5. The van der Waals surface area contributed by atoms with Gasteiger partial charge in [-0.25, -0.2) is 0 Å². The number of fused-ring (bicyclic) bond motifs is 8. The number of hydrogen-bond donors (Lipinski definition) is 0. The summed E-state index contributed by atoms with van der Waals surface area (Å²) in [7, 11) is 0. The Morgan fingerprint density at radius 3 is 0.931 bits per heavy atom. The first-order chi connectivity index (χ1) is 35.2. The molecule has 0 spiro atoms. The second-order valence-corrected chi connectivity index (χ2v) is 20.6. The highest BCUT2D eigenvalue weighted by molar-refractivity contribution is 6.22. The average Bonchev–Trinajstić information content (AvgIpc) is 3.92. The van der Waals surface area contributed by atoms with Crippen LogP contribution in [0.5, 0.6) is 0 Å². The molecule has 0 saturated carbocycles. The van der Waals surface area contributed by atoms with E-state index >= 15 is 0 Å². The number of rotatable bonds is 8. The van der Waals surface area contributed by atoms with Crippen LogP contribution in [-0.4, -0.2) is 9.13 Å². The Labute approximate surface area is 422 Å². The zero-order chi connectivity index (χ0) is 48.7. The van der Waals surface area contributed by atoms with Crippen LogP contribution in [0.3, 0.4) is 0 Å². The minimum absolute atomic E-state index is 0.0160. The fourth-order valence-electron chi connectivity index (χ4n) is 11.8. The summed E-state index contributed by atoms with van der Waals surface area (Å²) in [6.07, 6.45) is 0. The van der Waals surface area contributed by atoms with Gasteiger partial charge in [0.25, 0.3) is 0 Å². The van der Waals surface area contributed by atoms with Crippen molar-refractivity contribution in [3.63, 3.8) is 0 Å². The molecule has 2 heteroatoms. The van der Waals surface area contributed by atoms with Crippen molar-refractivity contribution in [1.29, 1.82) is 0 Å². The number of benzene rings is 11. The van der Waals surface area contributed by atoms with Gasteiger partial charge in [0.15, 0.2) is 0 Å². The summed E-state index contributed by atoms with van der Waals surface area (Å²) in [5.74, 6) is 0. The lowest BCUT2D eigenvalue weighted by molar-refractivity contribution is 0.591. The molecular weight excluding hydrogens is 869 g/mol. The van der Waals surface area contributed by atoms with E-state index in [1.165, 1.54) is 137 Å². The first-order valence-electron chi connectivity index (χ1n) is 25.7. The van der Waals surface area contributed by atoms with E-state index in [-0.39, 0.29) is 5.41 Å². The summed E-state index contributed by atoms with van der Waals surface area (Å²) in [4.78, 5) is 0. The van der Waals surface area contributed by atoms with Crippen molar-refractivity contribution in [3.05, 3.63) is 230 Å². The van der Waals surface area contributed by atoms with Crippen molar-refractivity contribution in [2.45, 2.75) is 53.1 Å². The summed E-state index contributed by atoms with van der Waals surface area (Å²) in [6, 6.07) is 84.2. The molecule has 13 rings (SSSR count). The Hall–Kier alpha value is -8.46. The van der Waals surface area contributed by atoms with Gasteiger partial charge in [-0.3, -0.25) is 0 Å². The normalized spacial score (nSPS) is 12.1. The van der Waals surface area contributed by atoms with Crippen LogP contribution in [0.15, 0.2) is 224 Å². The van der Waals surface area contributed by atoms with Crippen molar-refractivity contribution < 1.29 is 0 Å². The van der Waals surface area contributed by atoms with Gasteiger partial charge < -0.3 is 9.13 Å². The molecule has 0 fully saturated rings. The van der Waals surface area contributed by atoms with Gasteiger partial charge in [0.2, 0.25) is 0 Å². The fraction of sp³-hybridized carbons (Fsp3) is 0.114. The molecule has 0 unspecified atom stereocenters. The molecule has 0 N–H and O–H groups in total. The molecule has 2 aromatic heterocycles. The van der Waals surface area contributed by atoms with E-state index in [0.717, 1.165) is 13.1 Å². The van der Waals surface area contributed by atoms with E-state index < -0.39 is 0 Å². The van der Waals surface area contributed by atoms with Crippen molar-refractivity contribution in [1.82, 2.24) is 9.13 Å². The maximum absolute atomic E-state index is 2.47. The van der Waals surface area contributed by atoms with Crippen LogP contribution >= 0.6 is 0 Å². The number of aromatic nitrogens is 2. The van der Waals surface area contributed by atoms with E-state index in [2.05, 4.69) is 268 Å². The molecule has 2 nitrogen and oxygen atoms in total. The molecule has 0 saturated heterocycles. The van der Waals surface area contributed by atoms with Crippen LogP contribution in [-0.2, 0) is 18.5 Å². The lowest BCUT2D eigenvalue weighted by atomic mass is 9.81. The highest BCUT2D eigenvalue weighted by Crippen LogP contribution is 2.46. The van der Waals surface area contributed by atoms with Gasteiger partial charge >= 0.3 is 0 Å². The van der Waals surface area contributed by atoms with E-state index in [1.807, 2.05) is 0 Å². The molecule has 13 aromatic rings. The molecule has 0 aliphatic rings. The van der Waals surface area contributed by atoms with Crippen molar-refractivity contribution >= 4 is 65.2 Å². The largest absolute Gasteiger partial charge is 0.341 e. The maximum Gasteiger partial charge on any atom is 0.0491 e. The Kier molecular flexibility index (Phi) is 10.4.